The fourth-order valence-electron chi connectivity index (χ4n) is 4.38. The van der Waals surface area contributed by atoms with E-state index in [1.165, 1.54) is 30.5 Å². The van der Waals surface area contributed by atoms with Crippen LogP contribution in [0.2, 0.25) is 5.02 Å². The Morgan fingerprint density at radius 2 is 2.00 bits per heavy atom. The van der Waals surface area contributed by atoms with Crippen LogP contribution < -0.4 is 10.2 Å². The molecule has 0 aliphatic carbocycles. The number of carbonyl (C=O) groups is 2. The summed E-state index contributed by atoms with van der Waals surface area (Å²) in [5.41, 5.74) is 1.70. The van der Waals surface area contributed by atoms with E-state index >= 15 is 0 Å². The van der Waals surface area contributed by atoms with Gasteiger partial charge in [0.05, 0.1) is 32.2 Å². The van der Waals surface area contributed by atoms with E-state index in [9.17, 15) is 22.6 Å². The van der Waals surface area contributed by atoms with Crippen molar-refractivity contribution in [1.82, 2.24) is 14.8 Å². The molecule has 2 aromatic heterocycles. The van der Waals surface area contributed by atoms with Gasteiger partial charge >= 0.3 is 6.09 Å². The molecule has 1 unspecified atom stereocenters. The van der Waals surface area contributed by atoms with E-state index in [1.807, 2.05) is 0 Å². The fourth-order valence-corrected chi connectivity index (χ4v) is 5.71. The van der Waals surface area contributed by atoms with E-state index < -0.39 is 27.7 Å². The van der Waals surface area contributed by atoms with Crippen LogP contribution in [0.3, 0.4) is 0 Å². The van der Waals surface area contributed by atoms with Crippen molar-refractivity contribution in [2.45, 2.75) is 37.0 Å². The minimum Gasteiger partial charge on any atom is -0.463 e. The number of nitrogens with one attached hydrogen (secondary N) is 1. The Balaban J connectivity index is 1.79. The standard InChI is InChI=1S/C25H27ClF2N6O4S/c1-15-19(23(35)30-17-6-4-7-18(12-17)39(3,38)32-24(36)37)22(34-10-5-8-25(27,28)9-11-34)31-21(20(15)26)16-13-29-33(2)14-16/h4,6-7,12-14H,5,8-11H2,1-3H3,(H,30,35)(H,36,37). The zero-order valence-corrected chi connectivity index (χ0v) is 23.0. The molecule has 1 atom stereocenters. The lowest BCUT2D eigenvalue weighted by Gasteiger charge is -2.26. The number of anilines is 2. The third-order valence-electron chi connectivity index (χ3n) is 6.36. The monoisotopic (exact) mass is 580 g/mol. The number of nitrogens with zero attached hydrogens (tertiary/aromatic N) is 5. The number of aromatic nitrogens is 3. The van der Waals surface area contributed by atoms with Gasteiger partial charge < -0.3 is 15.3 Å². The first-order chi connectivity index (χ1) is 18.3. The molecule has 1 saturated heterocycles. The van der Waals surface area contributed by atoms with Crippen LogP contribution >= 0.6 is 11.6 Å². The minimum atomic E-state index is -3.27. The Labute approximate surface area is 229 Å². The van der Waals surface area contributed by atoms with Crippen LogP contribution in [-0.2, 0) is 16.8 Å². The molecular formula is C25H27ClF2N6O4S. The lowest BCUT2D eigenvalue weighted by molar-refractivity contribution is -0.0102. The van der Waals surface area contributed by atoms with Crippen molar-refractivity contribution in [3.63, 3.8) is 0 Å². The van der Waals surface area contributed by atoms with Crippen molar-refractivity contribution in [2.24, 2.45) is 11.4 Å². The van der Waals surface area contributed by atoms with Crippen LogP contribution in [0.5, 0.6) is 0 Å². The summed E-state index contributed by atoms with van der Waals surface area (Å²) >= 11 is 6.69. The van der Waals surface area contributed by atoms with E-state index in [0.717, 1.165) is 0 Å². The van der Waals surface area contributed by atoms with Gasteiger partial charge in [0.15, 0.2) is 0 Å². The summed E-state index contributed by atoms with van der Waals surface area (Å²) in [7, 11) is -1.54. The number of carbonyl (C=O) groups excluding carboxylic acids is 1. The molecule has 0 radical (unpaired) electrons. The van der Waals surface area contributed by atoms with Crippen LogP contribution in [0, 0.1) is 6.92 Å². The van der Waals surface area contributed by atoms with Gasteiger partial charge in [-0.15, -0.1) is 4.36 Å². The van der Waals surface area contributed by atoms with Crippen LogP contribution in [0.15, 0.2) is 45.9 Å². The molecule has 14 heteroatoms. The maximum absolute atomic E-state index is 14.2. The molecule has 0 saturated carbocycles. The minimum absolute atomic E-state index is 0.0160. The third-order valence-corrected chi connectivity index (χ3v) is 8.45. The number of hydrogen-bond donors (Lipinski definition) is 2. The van der Waals surface area contributed by atoms with E-state index in [1.54, 1.807) is 35.9 Å². The molecule has 4 rings (SSSR count). The highest BCUT2D eigenvalue weighted by molar-refractivity contribution is 7.93. The van der Waals surface area contributed by atoms with Crippen molar-refractivity contribution in [3.05, 3.63) is 52.8 Å². The second kappa shape index (κ2) is 10.9. The predicted molar refractivity (Wildman–Crippen MR) is 144 cm³/mol. The lowest BCUT2D eigenvalue weighted by atomic mass is 10.0. The first kappa shape index (κ1) is 28.4. The number of benzene rings is 1. The zero-order chi connectivity index (χ0) is 28.5. The Morgan fingerprint density at radius 3 is 2.67 bits per heavy atom. The second-order valence-corrected chi connectivity index (χ2v) is 12.0. The maximum atomic E-state index is 14.2. The molecule has 0 spiro atoms. The highest BCUT2D eigenvalue weighted by Gasteiger charge is 2.34. The van der Waals surface area contributed by atoms with Crippen molar-refractivity contribution in [2.75, 3.05) is 29.6 Å². The number of pyridine rings is 1. The van der Waals surface area contributed by atoms with Crippen molar-refractivity contribution in [3.8, 4) is 11.3 Å². The van der Waals surface area contributed by atoms with Gasteiger partial charge in [-0.2, -0.15) is 5.10 Å². The Kier molecular flexibility index (Phi) is 7.94. The smallest absolute Gasteiger partial charge is 0.439 e. The molecule has 1 fully saturated rings. The molecule has 10 nitrogen and oxygen atoms in total. The van der Waals surface area contributed by atoms with Crippen molar-refractivity contribution < 1.29 is 27.7 Å². The second-order valence-electron chi connectivity index (χ2n) is 9.36. The highest BCUT2D eigenvalue weighted by atomic mass is 35.5. The molecule has 39 heavy (non-hydrogen) atoms. The van der Waals surface area contributed by atoms with Gasteiger partial charge in [-0.3, -0.25) is 9.48 Å². The largest absolute Gasteiger partial charge is 0.463 e. The lowest BCUT2D eigenvalue weighted by Crippen LogP contribution is -2.30. The number of aryl methyl sites for hydroxylation is 1. The topological polar surface area (TPSA) is 130 Å². The van der Waals surface area contributed by atoms with Crippen LogP contribution in [-0.4, -0.2) is 61.3 Å². The molecule has 1 aliphatic rings. The Bertz CT molecular complexity index is 1570. The molecule has 2 N–H and O–H groups in total. The average molecular weight is 581 g/mol. The number of carboxylic acid groups (broad SMARTS) is 1. The SMILES string of the molecule is Cc1c(Cl)c(-c2cnn(C)c2)nc(N2CCCC(F)(F)CC2)c1C(=O)Nc1cccc(S(C)(=O)=NC(=O)O)c1. The van der Waals surface area contributed by atoms with Crippen LogP contribution in [0.25, 0.3) is 11.3 Å². The summed E-state index contributed by atoms with van der Waals surface area (Å²) in [4.78, 5) is 31.1. The van der Waals surface area contributed by atoms with E-state index in [4.69, 9.17) is 21.7 Å². The van der Waals surface area contributed by atoms with E-state index in [2.05, 4.69) is 14.8 Å². The number of alkyl halides is 2. The summed E-state index contributed by atoms with van der Waals surface area (Å²) in [6, 6.07) is 5.86. The molecule has 3 aromatic rings. The predicted octanol–water partition coefficient (Wildman–Crippen LogP) is 5.46. The fraction of sp³-hybridized carbons (Fsp3) is 0.360. The number of rotatable bonds is 5. The quantitative estimate of drug-likeness (QED) is 0.410. The maximum Gasteiger partial charge on any atom is 0.439 e. The van der Waals surface area contributed by atoms with Crippen LogP contribution in [0.1, 0.15) is 35.2 Å². The third kappa shape index (κ3) is 6.36. The van der Waals surface area contributed by atoms with E-state index in [-0.39, 0.29) is 59.3 Å². The normalized spacial score (nSPS) is 16.7. The average Bonchev–Trinajstić information content (AvgIpc) is 3.19. The molecule has 0 bridgehead atoms. The Morgan fingerprint density at radius 1 is 1.26 bits per heavy atom. The van der Waals surface area contributed by atoms with E-state index in [0.29, 0.717) is 16.8 Å². The highest BCUT2D eigenvalue weighted by Crippen LogP contribution is 2.38. The van der Waals surface area contributed by atoms with Crippen LogP contribution in [0.4, 0.5) is 25.1 Å². The van der Waals surface area contributed by atoms with Crippen molar-refractivity contribution >= 4 is 44.8 Å². The van der Waals surface area contributed by atoms with Gasteiger partial charge in [0.25, 0.3) is 5.91 Å². The number of halogens is 3. The van der Waals surface area contributed by atoms with Crippen molar-refractivity contribution in [1.29, 1.82) is 0 Å². The molecular weight excluding hydrogens is 554 g/mol. The summed E-state index contributed by atoms with van der Waals surface area (Å²) < 4.78 is 45.9. The molecule has 2 amide bonds. The molecule has 208 valence electrons. The summed E-state index contributed by atoms with van der Waals surface area (Å²) in [5, 5.41) is 16.0. The van der Waals surface area contributed by atoms with Gasteiger partial charge in [0.2, 0.25) is 5.92 Å². The summed E-state index contributed by atoms with van der Waals surface area (Å²) in [6.45, 7) is 1.90. The van der Waals surface area contributed by atoms with Gasteiger partial charge in [-0.05, 0) is 37.1 Å². The van der Waals surface area contributed by atoms with Gasteiger partial charge in [0.1, 0.15) is 5.82 Å². The summed E-state index contributed by atoms with van der Waals surface area (Å²) in [6.07, 6.45) is 2.44. The molecule has 1 aromatic carbocycles. The Hall–Kier alpha value is -3.58. The number of amides is 2. The van der Waals surface area contributed by atoms with Gasteiger partial charge in [-0.1, -0.05) is 17.7 Å². The summed E-state index contributed by atoms with van der Waals surface area (Å²) in [5.74, 6) is -3.22. The zero-order valence-electron chi connectivity index (χ0n) is 21.4. The van der Waals surface area contributed by atoms with Gasteiger partial charge in [0, 0.05) is 61.6 Å². The molecule has 1 aliphatic heterocycles. The first-order valence-electron chi connectivity index (χ1n) is 12.0. The first-order valence-corrected chi connectivity index (χ1v) is 14.3. The van der Waals surface area contributed by atoms with Gasteiger partial charge in [-0.25, -0.2) is 22.8 Å². The number of hydrogen-bond acceptors (Lipinski definition) is 6. The molecule has 3 heterocycles.